The molecule has 1 heterocycles. The first-order valence-electron chi connectivity index (χ1n) is 6.23. The average Bonchev–Trinajstić information content (AvgIpc) is 2.48. The van der Waals surface area contributed by atoms with Gasteiger partial charge in [0.1, 0.15) is 0 Å². The molecule has 0 fully saturated rings. The number of hydrogen-bond donors (Lipinski definition) is 1. The second-order valence-electron chi connectivity index (χ2n) is 4.34. The van der Waals surface area contributed by atoms with Crippen molar-refractivity contribution in [1.29, 1.82) is 0 Å². The highest BCUT2D eigenvalue weighted by atomic mass is 35.5. The zero-order chi connectivity index (χ0) is 14.5. The molecule has 4 nitrogen and oxygen atoms in total. The van der Waals surface area contributed by atoms with Crippen molar-refractivity contribution in [3.8, 4) is 11.5 Å². The van der Waals surface area contributed by atoms with E-state index in [4.69, 9.17) is 21.1 Å². The van der Waals surface area contributed by atoms with Gasteiger partial charge in [-0.15, -0.1) is 0 Å². The Bertz CT molecular complexity index is 590. The molecule has 1 aromatic carbocycles. The molecule has 106 valence electrons. The summed E-state index contributed by atoms with van der Waals surface area (Å²) in [5, 5.41) is 3.97. The predicted molar refractivity (Wildman–Crippen MR) is 80.8 cm³/mol. The fourth-order valence-electron chi connectivity index (χ4n) is 1.92. The van der Waals surface area contributed by atoms with Crippen LogP contribution in [0.3, 0.4) is 0 Å². The molecule has 0 spiro atoms. The number of hydrogen-bond acceptors (Lipinski definition) is 4. The van der Waals surface area contributed by atoms with Crippen molar-refractivity contribution in [1.82, 2.24) is 4.98 Å². The van der Waals surface area contributed by atoms with E-state index in [0.29, 0.717) is 16.5 Å². The number of anilines is 1. The topological polar surface area (TPSA) is 43.4 Å². The first kappa shape index (κ1) is 14.5. The van der Waals surface area contributed by atoms with E-state index in [0.717, 1.165) is 11.3 Å². The van der Waals surface area contributed by atoms with E-state index < -0.39 is 0 Å². The molecule has 1 unspecified atom stereocenters. The molecule has 2 rings (SSSR count). The molecule has 0 aliphatic carbocycles. The maximum atomic E-state index is 6.11. The molecule has 0 amide bonds. The lowest BCUT2D eigenvalue weighted by Crippen LogP contribution is -2.07. The molecule has 0 saturated heterocycles. The minimum absolute atomic E-state index is 0.0662. The Morgan fingerprint density at radius 3 is 2.55 bits per heavy atom. The second-order valence-corrected chi connectivity index (χ2v) is 4.74. The Labute approximate surface area is 123 Å². The molecule has 2 aromatic rings. The first-order valence-corrected chi connectivity index (χ1v) is 6.61. The molecule has 0 saturated carbocycles. The third-order valence-corrected chi connectivity index (χ3v) is 3.38. The van der Waals surface area contributed by atoms with Crippen molar-refractivity contribution < 1.29 is 9.47 Å². The van der Waals surface area contributed by atoms with Gasteiger partial charge in [-0.1, -0.05) is 17.7 Å². The average molecular weight is 293 g/mol. The van der Waals surface area contributed by atoms with E-state index >= 15 is 0 Å². The van der Waals surface area contributed by atoms with Gasteiger partial charge < -0.3 is 14.8 Å². The van der Waals surface area contributed by atoms with Crippen LogP contribution in [0, 0.1) is 0 Å². The molecule has 1 aromatic heterocycles. The predicted octanol–water partition coefficient (Wildman–Crippen LogP) is 3.93. The van der Waals surface area contributed by atoms with Crippen molar-refractivity contribution in [3.63, 3.8) is 0 Å². The van der Waals surface area contributed by atoms with Crippen LogP contribution in [-0.2, 0) is 0 Å². The molecule has 1 atom stereocenters. The minimum atomic E-state index is 0.0662. The number of halogens is 1. The summed E-state index contributed by atoms with van der Waals surface area (Å²) in [5.41, 5.74) is 1.87. The number of aromatic nitrogens is 1. The van der Waals surface area contributed by atoms with Crippen LogP contribution in [0.15, 0.2) is 36.7 Å². The van der Waals surface area contributed by atoms with Crippen molar-refractivity contribution in [2.24, 2.45) is 0 Å². The van der Waals surface area contributed by atoms with Crippen LogP contribution in [0.25, 0.3) is 0 Å². The van der Waals surface area contributed by atoms with Crippen LogP contribution in [-0.4, -0.2) is 19.2 Å². The zero-order valence-electron chi connectivity index (χ0n) is 11.7. The monoisotopic (exact) mass is 292 g/mol. The third kappa shape index (κ3) is 3.14. The van der Waals surface area contributed by atoms with Crippen molar-refractivity contribution in [2.45, 2.75) is 13.0 Å². The van der Waals surface area contributed by atoms with E-state index in [1.54, 1.807) is 32.7 Å². The number of nitrogens with zero attached hydrogens (tertiary/aromatic N) is 1. The van der Waals surface area contributed by atoms with Gasteiger partial charge in [-0.25, -0.2) is 0 Å². The van der Waals surface area contributed by atoms with Crippen LogP contribution in [0.2, 0.25) is 5.02 Å². The van der Waals surface area contributed by atoms with E-state index in [1.807, 2.05) is 25.1 Å². The standard InChI is InChI=1S/C15H17ClN2O2/c1-10(18-13-9-17-7-6-12(13)16)11-4-5-14(19-2)15(8-11)20-3/h4-10,18H,1-3H3. The van der Waals surface area contributed by atoms with Crippen LogP contribution in [0.4, 0.5) is 5.69 Å². The quantitative estimate of drug-likeness (QED) is 0.907. The van der Waals surface area contributed by atoms with Crippen LogP contribution in [0.5, 0.6) is 11.5 Å². The second kappa shape index (κ2) is 6.48. The molecule has 0 bridgehead atoms. The van der Waals surface area contributed by atoms with Crippen molar-refractivity contribution in [3.05, 3.63) is 47.2 Å². The SMILES string of the molecule is COc1ccc(C(C)Nc2cnccc2Cl)cc1OC. The highest BCUT2D eigenvalue weighted by molar-refractivity contribution is 6.33. The summed E-state index contributed by atoms with van der Waals surface area (Å²) in [6.45, 7) is 2.05. The Hall–Kier alpha value is -1.94. The highest BCUT2D eigenvalue weighted by Crippen LogP contribution is 2.31. The van der Waals surface area contributed by atoms with Crippen LogP contribution < -0.4 is 14.8 Å². The summed E-state index contributed by atoms with van der Waals surface area (Å²) in [6.07, 6.45) is 3.37. The number of ether oxygens (including phenoxy) is 2. The molecule has 5 heteroatoms. The Balaban J connectivity index is 2.21. The number of nitrogens with one attached hydrogen (secondary N) is 1. The smallest absolute Gasteiger partial charge is 0.161 e. The Kier molecular flexibility index (Phi) is 4.69. The Morgan fingerprint density at radius 1 is 1.15 bits per heavy atom. The van der Waals surface area contributed by atoms with Gasteiger partial charge in [0, 0.05) is 12.2 Å². The summed E-state index contributed by atoms with van der Waals surface area (Å²) in [7, 11) is 3.24. The lowest BCUT2D eigenvalue weighted by molar-refractivity contribution is 0.354. The summed E-state index contributed by atoms with van der Waals surface area (Å²) < 4.78 is 10.5. The van der Waals surface area contributed by atoms with Gasteiger partial charge >= 0.3 is 0 Å². The number of methoxy groups -OCH3 is 2. The van der Waals surface area contributed by atoms with E-state index in [9.17, 15) is 0 Å². The molecule has 20 heavy (non-hydrogen) atoms. The number of benzene rings is 1. The molecular weight excluding hydrogens is 276 g/mol. The van der Waals surface area contributed by atoms with Crippen molar-refractivity contribution in [2.75, 3.05) is 19.5 Å². The summed E-state index contributed by atoms with van der Waals surface area (Å²) in [6, 6.07) is 7.64. The highest BCUT2D eigenvalue weighted by Gasteiger charge is 2.11. The van der Waals surface area contributed by atoms with Gasteiger partial charge in [0.25, 0.3) is 0 Å². The lowest BCUT2D eigenvalue weighted by atomic mass is 10.1. The summed E-state index contributed by atoms with van der Waals surface area (Å²) in [4.78, 5) is 4.06. The summed E-state index contributed by atoms with van der Waals surface area (Å²) >= 11 is 6.11. The van der Waals surface area contributed by atoms with Gasteiger partial charge in [-0.05, 0) is 30.7 Å². The molecule has 0 aliphatic heterocycles. The van der Waals surface area contributed by atoms with Gasteiger partial charge in [0.05, 0.1) is 31.1 Å². The maximum absolute atomic E-state index is 6.11. The lowest BCUT2D eigenvalue weighted by Gasteiger charge is -2.18. The fourth-order valence-corrected chi connectivity index (χ4v) is 2.08. The minimum Gasteiger partial charge on any atom is -0.493 e. The first-order chi connectivity index (χ1) is 9.65. The van der Waals surface area contributed by atoms with E-state index in [2.05, 4.69) is 10.3 Å². The van der Waals surface area contributed by atoms with E-state index in [1.165, 1.54) is 0 Å². The summed E-state index contributed by atoms with van der Waals surface area (Å²) in [5.74, 6) is 1.42. The molecular formula is C15H17ClN2O2. The third-order valence-electron chi connectivity index (χ3n) is 3.05. The van der Waals surface area contributed by atoms with E-state index in [-0.39, 0.29) is 6.04 Å². The number of pyridine rings is 1. The molecule has 1 N–H and O–H groups in total. The fraction of sp³-hybridized carbons (Fsp3) is 0.267. The van der Waals surface area contributed by atoms with Gasteiger partial charge in [-0.2, -0.15) is 0 Å². The van der Waals surface area contributed by atoms with Gasteiger partial charge in [0.2, 0.25) is 0 Å². The number of rotatable bonds is 5. The normalized spacial score (nSPS) is 11.8. The molecule has 0 aliphatic rings. The Morgan fingerprint density at radius 2 is 1.90 bits per heavy atom. The zero-order valence-corrected chi connectivity index (χ0v) is 12.4. The van der Waals surface area contributed by atoms with Gasteiger partial charge in [-0.3, -0.25) is 4.98 Å². The maximum Gasteiger partial charge on any atom is 0.161 e. The largest absolute Gasteiger partial charge is 0.493 e. The van der Waals surface area contributed by atoms with Crippen LogP contribution >= 0.6 is 11.6 Å². The van der Waals surface area contributed by atoms with Gasteiger partial charge in [0.15, 0.2) is 11.5 Å². The molecule has 0 radical (unpaired) electrons. The van der Waals surface area contributed by atoms with Crippen molar-refractivity contribution >= 4 is 17.3 Å². The van der Waals surface area contributed by atoms with Crippen LogP contribution in [0.1, 0.15) is 18.5 Å².